The van der Waals surface area contributed by atoms with Crippen molar-refractivity contribution in [1.29, 1.82) is 0 Å². The quantitative estimate of drug-likeness (QED) is 0.193. The predicted octanol–water partition coefficient (Wildman–Crippen LogP) is 12.3. The lowest BCUT2D eigenvalue weighted by Gasteiger charge is -2.24. The van der Waals surface area contributed by atoms with Gasteiger partial charge in [-0.2, -0.15) is 0 Å². The SMILES string of the molecule is C1=CC2C=Cc3oc4cc(-c5nc(-c6cc7c8ccc(-c9ccccc9)cc8oc7c7ccccc67)nc6ccccc56)ccc4c3C2C=C1. The third-order valence-corrected chi connectivity index (χ3v) is 10.4. The van der Waals surface area contributed by atoms with Gasteiger partial charge in [0.1, 0.15) is 22.5 Å². The van der Waals surface area contributed by atoms with Crippen molar-refractivity contribution in [3.63, 3.8) is 0 Å². The first-order valence-corrected chi connectivity index (χ1v) is 17.1. The first-order chi connectivity index (χ1) is 24.8. The van der Waals surface area contributed by atoms with E-state index in [9.17, 15) is 0 Å². The zero-order valence-electron chi connectivity index (χ0n) is 26.9. The first kappa shape index (κ1) is 27.4. The van der Waals surface area contributed by atoms with Crippen LogP contribution in [0, 0.1) is 5.92 Å². The molecule has 0 amide bonds. The van der Waals surface area contributed by atoms with Gasteiger partial charge in [0.2, 0.25) is 0 Å². The van der Waals surface area contributed by atoms with Crippen molar-refractivity contribution >= 4 is 60.7 Å². The Bertz CT molecular complexity index is 2940. The smallest absolute Gasteiger partial charge is 0.161 e. The summed E-state index contributed by atoms with van der Waals surface area (Å²) in [6.45, 7) is 0. The average Bonchev–Trinajstić information content (AvgIpc) is 3.75. The van der Waals surface area contributed by atoms with Gasteiger partial charge >= 0.3 is 0 Å². The molecular weight excluding hydrogens is 613 g/mol. The second-order valence-electron chi connectivity index (χ2n) is 13.3. The lowest BCUT2D eigenvalue weighted by Crippen LogP contribution is -2.12. The Morgan fingerprint density at radius 2 is 1.24 bits per heavy atom. The van der Waals surface area contributed by atoms with Crippen LogP contribution in [-0.2, 0) is 0 Å². The minimum atomic E-state index is 0.283. The molecule has 3 heterocycles. The number of aromatic nitrogens is 2. The maximum atomic E-state index is 6.63. The number of para-hydroxylation sites is 1. The van der Waals surface area contributed by atoms with Crippen LogP contribution in [0.3, 0.4) is 0 Å². The summed E-state index contributed by atoms with van der Waals surface area (Å²) in [6, 6.07) is 42.3. The molecular formula is C46H28N2O2. The maximum absolute atomic E-state index is 6.63. The Morgan fingerprint density at radius 3 is 2.16 bits per heavy atom. The number of hydrogen-bond donors (Lipinski definition) is 0. The molecule has 0 saturated carbocycles. The minimum Gasteiger partial charge on any atom is -0.456 e. The molecule has 9 aromatic rings. The van der Waals surface area contributed by atoms with Crippen LogP contribution in [0.5, 0.6) is 0 Å². The van der Waals surface area contributed by atoms with Crippen LogP contribution in [0.4, 0.5) is 0 Å². The first-order valence-electron chi connectivity index (χ1n) is 17.1. The molecule has 0 spiro atoms. The number of allylic oxidation sites excluding steroid dienone is 5. The fourth-order valence-corrected chi connectivity index (χ4v) is 8.06. The average molecular weight is 641 g/mol. The monoisotopic (exact) mass is 640 g/mol. The van der Waals surface area contributed by atoms with E-state index in [1.165, 1.54) is 5.56 Å². The zero-order chi connectivity index (χ0) is 32.8. The van der Waals surface area contributed by atoms with E-state index in [1.54, 1.807) is 0 Å². The molecule has 50 heavy (non-hydrogen) atoms. The molecule has 234 valence electrons. The molecule has 3 aromatic heterocycles. The molecule has 0 aliphatic heterocycles. The van der Waals surface area contributed by atoms with E-state index < -0.39 is 0 Å². The molecule has 0 bridgehead atoms. The summed E-state index contributed by atoms with van der Waals surface area (Å²) in [7, 11) is 0. The van der Waals surface area contributed by atoms with Crippen LogP contribution in [0.2, 0.25) is 0 Å². The van der Waals surface area contributed by atoms with E-state index in [0.29, 0.717) is 11.7 Å². The zero-order valence-corrected chi connectivity index (χ0v) is 26.9. The summed E-state index contributed by atoms with van der Waals surface area (Å²) in [5.41, 5.74) is 9.89. The molecule has 2 atom stereocenters. The summed E-state index contributed by atoms with van der Waals surface area (Å²) in [5, 5.41) is 6.36. The molecule has 4 heteroatoms. The van der Waals surface area contributed by atoms with E-state index in [0.717, 1.165) is 88.3 Å². The molecule has 6 aromatic carbocycles. The van der Waals surface area contributed by atoms with Crippen molar-refractivity contribution in [2.24, 2.45) is 5.92 Å². The summed E-state index contributed by atoms with van der Waals surface area (Å²) in [4.78, 5) is 10.5. The van der Waals surface area contributed by atoms with Crippen LogP contribution in [0.25, 0.3) is 94.4 Å². The number of nitrogens with zero attached hydrogens (tertiary/aromatic N) is 2. The van der Waals surface area contributed by atoms with Crippen molar-refractivity contribution in [3.8, 4) is 33.8 Å². The Hall–Kier alpha value is -6.52. The Balaban J connectivity index is 1.11. The van der Waals surface area contributed by atoms with E-state index in [-0.39, 0.29) is 5.92 Å². The van der Waals surface area contributed by atoms with Crippen molar-refractivity contribution < 1.29 is 8.83 Å². The third kappa shape index (κ3) is 4.05. The second kappa shape index (κ2) is 10.5. The molecule has 2 unspecified atom stereocenters. The van der Waals surface area contributed by atoms with Crippen LogP contribution < -0.4 is 0 Å². The van der Waals surface area contributed by atoms with E-state index in [4.69, 9.17) is 18.8 Å². The van der Waals surface area contributed by atoms with Gasteiger partial charge in [0, 0.05) is 55.5 Å². The molecule has 4 nitrogen and oxygen atoms in total. The van der Waals surface area contributed by atoms with Gasteiger partial charge in [0.15, 0.2) is 5.82 Å². The van der Waals surface area contributed by atoms with Crippen molar-refractivity contribution in [2.75, 3.05) is 0 Å². The molecule has 0 saturated heterocycles. The Labute approximate surface area is 287 Å². The molecule has 0 N–H and O–H groups in total. The Kier molecular flexibility index (Phi) is 5.75. The van der Waals surface area contributed by atoms with Gasteiger partial charge in [0.05, 0.1) is 11.2 Å². The van der Waals surface area contributed by atoms with Crippen LogP contribution in [-0.4, -0.2) is 9.97 Å². The van der Waals surface area contributed by atoms with Crippen molar-refractivity contribution in [1.82, 2.24) is 9.97 Å². The van der Waals surface area contributed by atoms with Gasteiger partial charge in [0.25, 0.3) is 0 Å². The highest BCUT2D eigenvalue weighted by Gasteiger charge is 2.29. The molecule has 2 aliphatic carbocycles. The molecule has 0 fully saturated rings. The minimum absolute atomic E-state index is 0.283. The number of fused-ring (bicyclic) bond motifs is 11. The summed E-state index contributed by atoms with van der Waals surface area (Å²) in [6.07, 6.45) is 13.2. The number of benzene rings is 6. The van der Waals surface area contributed by atoms with Crippen LogP contribution in [0.1, 0.15) is 17.2 Å². The van der Waals surface area contributed by atoms with Crippen LogP contribution >= 0.6 is 0 Å². The fourth-order valence-electron chi connectivity index (χ4n) is 8.06. The lowest BCUT2D eigenvalue weighted by atomic mass is 9.78. The summed E-state index contributed by atoms with van der Waals surface area (Å²) >= 11 is 0. The fraction of sp³-hybridized carbons (Fsp3) is 0.0435. The van der Waals surface area contributed by atoms with Gasteiger partial charge in [-0.05, 0) is 52.9 Å². The largest absolute Gasteiger partial charge is 0.456 e. The highest BCUT2D eigenvalue weighted by Crippen LogP contribution is 2.45. The summed E-state index contributed by atoms with van der Waals surface area (Å²) < 4.78 is 13.1. The number of rotatable bonds is 3. The van der Waals surface area contributed by atoms with Gasteiger partial charge < -0.3 is 8.83 Å². The predicted molar refractivity (Wildman–Crippen MR) is 204 cm³/mol. The highest BCUT2D eigenvalue weighted by molar-refractivity contribution is 6.19. The van der Waals surface area contributed by atoms with Gasteiger partial charge in [-0.15, -0.1) is 0 Å². The number of hydrogen-bond acceptors (Lipinski definition) is 4. The number of furan rings is 2. The van der Waals surface area contributed by atoms with Crippen molar-refractivity contribution in [2.45, 2.75) is 5.92 Å². The van der Waals surface area contributed by atoms with Crippen LogP contribution in [0.15, 0.2) is 161 Å². The lowest BCUT2D eigenvalue weighted by molar-refractivity contribution is 0.578. The van der Waals surface area contributed by atoms with E-state index in [2.05, 4.69) is 146 Å². The normalized spacial score (nSPS) is 16.6. The standard InChI is InChI=1S/C46H28N2O2/c1-2-10-27(11-3-1)29-18-21-33-37-26-38(32-14-6-7-15-34(32)45(37)50-41(33)24-29)46-47-39-17-9-8-16-35(39)44(48-46)30-19-22-36-42(25-30)49-40-23-20-28-12-4-5-13-31(28)43(36)40/h1-26,28,31H. The van der Waals surface area contributed by atoms with Crippen molar-refractivity contribution in [3.05, 3.63) is 163 Å². The summed E-state index contributed by atoms with van der Waals surface area (Å²) in [5.74, 6) is 2.25. The third-order valence-electron chi connectivity index (χ3n) is 10.4. The van der Waals surface area contributed by atoms with Gasteiger partial charge in [-0.25, -0.2) is 9.97 Å². The van der Waals surface area contributed by atoms with E-state index >= 15 is 0 Å². The molecule has 2 aliphatic rings. The maximum Gasteiger partial charge on any atom is 0.161 e. The van der Waals surface area contributed by atoms with Gasteiger partial charge in [-0.3, -0.25) is 0 Å². The second-order valence-corrected chi connectivity index (χ2v) is 13.3. The molecule has 11 rings (SSSR count). The Morgan fingerprint density at radius 1 is 0.500 bits per heavy atom. The molecule has 0 radical (unpaired) electrons. The van der Waals surface area contributed by atoms with E-state index in [1.807, 2.05) is 12.1 Å². The topological polar surface area (TPSA) is 52.1 Å². The van der Waals surface area contributed by atoms with Gasteiger partial charge in [-0.1, -0.05) is 121 Å². The highest BCUT2D eigenvalue weighted by atomic mass is 16.3.